The van der Waals surface area contributed by atoms with E-state index in [1.165, 1.54) is 34.1 Å². The van der Waals surface area contributed by atoms with Gasteiger partial charge in [-0.15, -0.1) is 23.1 Å². The van der Waals surface area contributed by atoms with E-state index in [1.54, 1.807) is 66.7 Å². The summed E-state index contributed by atoms with van der Waals surface area (Å²) in [5.41, 5.74) is 3.51. The Kier molecular flexibility index (Phi) is 11.4. The Morgan fingerprint density at radius 2 is 1.52 bits per heavy atom. The third-order valence-corrected chi connectivity index (χ3v) is 11.1. The van der Waals surface area contributed by atoms with Crippen molar-refractivity contribution < 1.29 is 14.4 Å². The number of thioether (sulfide) groups is 1. The number of hydrogen-bond donors (Lipinski definition) is 3. The number of halogens is 2. The summed E-state index contributed by atoms with van der Waals surface area (Å²) < 4.78 is 0. The van der Waals surface area contributed by atoms with E-state index < -0.39 is 17.1 Å². The van der Waals surface area contributed by atoms with E-state index in [9.17, 15) is 19.6 Å². The Bertz CT molecular complexity index is 2110. The van der Waals surface area contributed by atoms with Crippen molar-refractivity contribution in [3.63, 3.8) is 0 Å². The number of nitrogens with zero attached hydrogens (tertiary/aromatic N) is 1. The number of hydrogen-bond acceptors (Lipinski definition) is 6. The molecule has 4 aromatic carbocycles. The molecule has 1 aliphatic carbocycles. The van der Waals surface area contributed by atoms with E-state index in [4.69, 9.17) is 23.2 Å². The quantitative estimate of drug-likeness (QED) is 0.0977. The first-order valence-corrected chi connectivity index (χ1v) is 18.3. The van der Waals surface area contributed by atoms with Crippen LogP contribution in [0.4, 0.5) is 10.7 Å². The topological polar surface area (TPSA) is 111 Å². The lowest BCUT2D eigenvalue weighted by Crippen LogP contribution is -2.30. The molecule has 1 aliphatic rings. The second-order valence-corrected chi connectivity index (χ2v) is 14.5. The first-order valence-electron chi connectivity index (χ1n) is 15.8. The van der Waals surface area contributed by atoms with Crippen molar-refractivity contribution in [2.45, 2.75) is 35.8 Å². The average Bonchev–Trinajstić information content (AvgIpc) is 3.49. The fourth-order valence-corrected chi connectivity index (χ4v) is 8.40. The largest absolute Gasteiger partial charge is 0.321 e. The number of aryl methyl sites for hydroxylation is 1. The lowest BCUT2D eigenvalue weighted by atomic mass is 9.96. The predicted molar refractivity (Wildman–Crippen MR) is 203 cm³/mol. The molecule has 250 valence electrons. The van der Waals surface area contributed by atoms with Crippen molar-refractivity contribution in [1.29, 1.82) is 5.26 Å². The smallest absolute Gasteiger partial charge is 0.272 e. The molecule has 3 amide bonds. The molecule has 7 nitrogen and oxygen atoms in total. The third kappa shape index (κ3) is 8.29. The summed E-state index contributed by atoms with van der Waals surface area (Å²) in [6.45, 7) is 0. The van der Waals surface area contributed by atoms with E-state index in [1.807, 2.05) is 36.4 Å². The minimum atomic E-state index is -0.657. The second kappa shape index (κ2) is 16.2. The highest BCUT2D eigenvalue weighted by Crippen LogP contribution is 2.41. The Morgan fingerprint density at radius 3 is 2.24 bits per heavy atom. The van der Waals surface area contributed by atoms with Crippen LogP contribution in [0.5, 0.6) is 0 Å². The number of anilines is 2. The second-order valence-electron chi connectivity index (χ2n) is 11.4. The number of fused-ring (bicyclic) bond motifs is 1. The Balaban J connectivity index is 1.25. The summed E-state index contributed by atoms with van der Waals surface area (Å²) in [4.78, 5) is 42.7. The van der Waals surface area contributed by atoms with Crippen molar-refractivity contribution >= 4 is 80.8 Å². The van der Waals surface area contributed by atoms with Crippen LogP contribution in [0.2, 0.25) is 10.0 Å². The highest BCUT2D eigenvalue weighted by atomic mass is 35.5. The van der Waals surface area contributed by atoms with Crippen LogP contribution in [0, 0.1) is 11.3 Å². The van der Waals surface area contributed by atoms with Gasteiger partial charge in [0.05, 0.1) is 5.56 Å². The third-order valence-electron chi connectivity index (χ3n) is 8.02. The van der Waals surface area contributed by atoms with Crippen molar-refractivity contribution in [3.05, 3.63) is 152 Å². The zero-order valence-electron chi connectivity index (χ0n) is 26.5. The minimum absolute atomic E-state index is 0.0691. The van der Waals surface area contributed by atoms with Gasteiger partial charge in [-0.3, -0.25) is 14.4 Å². The number of amides is 3. The van der Waals surface area contributed by atoms with Crippen molar-refractivity contribution in [3.8, 4) is 6.07 Å². The summed E-state index contributed by atoms with van der Waals surface area (Å²) in [6.07, 6.45) is 5.31. The van der Waals surface area contributed by atoms with Crippen LogP contribution in [-0.2, 0) is 22.4 Å². The van der Waals surface area contributed by atoms with Gasteiger partial charge in [-0.1, -0.05) is 83.9 Å². The van der Waals surface area contributed by atoms with Crippen LogP contribution < -0.4 is 16.0 Å². The van der Waals surface area contributed by atoms with Gasteiger partial charge in [0.25, 0.3) is 11.8 Å². The Labute approximate surface area is 308 Å². The monoisotopic (exact) mass is 736 g/mol. The van der Waals surface area contributed by atoms with Gasteiger partial charge in [0.1, 0.15) is 22.0 Å². The van der Waals surface area contributed by atoms with Gasteiger partial charge in [0.15, 0.2) is 0 Å². The summed E-state index contributed by atoms with van der Waals surface area (Å²) >= 11 is 15.6. The van der Waals surface area contributed by atoms with Gasteiger partial charge in [0.2, 0.25) is 5.91 Å². The predicted octanol–water partition coefficient (Wildman–Crippen LogP) is 9.69. The van der Waals surface area contributed by atoms with Crippen LogP contribution in [0.1, 0.15) is 55.6 Å². The van der Waals surface area contributed by atoms with Gasteiger partial charge in [-0.05, 0) is 85.4 Å². The number of rotatable bonds is 10. The first kappa shape index (κ1) is 35.0. The van der Waals surface area contributed by atoms with E-state index in [0.717, 1.165) is 36.8 Å². The molecule has 0 spiro atoms. The van der Waals surface area contributed by atoms with E-state index in [-0.39, 0.29) is 11.6 Å². The Hall–Kier alpha value is -4.85. The van der Waals surface area contributed by atoms with Gasteiger partial charge in [-0.25, -0.2) is 0 Å². The fraction of sp³-hybridized carbons (Fsp3) is 0.128. The molecule has 0 saturated heterocycles. The fourth-order valence-electron chi connectivity index (χ4n) is 5.57. The first-order chi connectivity index (χ1) is 24.3. The maximum atomic E-state index is 13.9. The van der Waals surface area contributed by atoms with Gasteiger partial charge >= 0.3 is 0 Å². The average molecular weight is 738 g/mol. The normalized spacial score (nSPS) is 13.0. The number of carbonyl (C=O) groups is 3. The van der Waals surface area contributed by atoms with Gasteiger partial charge in [0, 0.05) is 36.6 Å². The molecule has 0 radical (unpaired) electrons. The molecule has 1 heterocycles. The van der Waals surface area contributed by atoms with Crippen LogP contribution in [-0.4, -0.2) is 17.7 Å². The number of thiophene rings is 1. The lowest BCUT2D eigenvalue weighted by molar-refractivity contribution is -0.116. The molecule has 0 aliphatic heterocycles. The number of nitriles is 1. The summed E-state index contributed by atoms with van der Waals surface area (Å²) in [5.74, 6) is -1.34. The molecule has 5 aromatic rings. The minimum Gasteiger partial charge on any atom is -0.321 e. The Morgan fingerprint density at radius 1 is 0.840 bits per heavy atom. The molecule has 6 rings (SSSR count). The zero-order valence-corrected chi connectivity index (χ0v) is 29.7. The van der Waals surface area contributed by atoms with Crippen LogP contribution >= 0.6 is 46.3 Å². The highest BCUT2D eigenvalue weighted by molar-refractivity contribution is 8.00. The van der Waals surface area contributed by atoms with E-state index in [0.29, 0.717) is 42.3 Å². The molecule has 1 aromatic heterocycles. The highest BCUT2D eigenvalue weighted by Gasteiger charge is 2.27. The molecule has 3 N–H and O–H groups in total. The number of benzene rings is 4. The molecule has 1 unspecified atom stereocenters. The van der Waals surface area contributed by atoms with Gasteiger partial charge < -0.3 is 16.0 Å². The summed E-state index contributed by atoms with van der Waals surface area (Å²) in [5, 5.41) is 19.1. The molecule has 0 fully saturated rings. The molecule has 0 saturated carbocycles. The molecular formula is C39H30Cl2N4O3S2. The molecule has 11 heteroatoms. The summed E-state index contributed by atoms with van der Waals surface area (Å²) in [6, 6.07) is 32.3. The van der Waals surface area contributed by atoms with Crippen LogP contribution in [0.3, 0.4) is 0 Å². The van der Waals surface area contributed by atoms with E-state index >= 15 is 0 Å². The lowest BCUT2D eigenvalue weighted by Gasteiger charge is -2.18. The molecule has 1 atom stereocenters. The molecule has 50 heavy (non-hydrogen) atoms. The zero-order chi connectivity index (χ0) is 35.0. The van der Waals surface area contributed by atoms with Crippen molar-refractivity contribution in [2.24, 2.45) is 0 Å². The van der Waals surface area contributed by atoms with Crippen molar-refractivity contribution in [2.75, 3.05) is 10.6 Å². The van der Waals surface area contributed by atoms with Crippen molar-refractivity contribution in [1.82, 2.24) is 5.32 Å². The number of nitrogens with one attached hydrogen (secondary N) is 3. The molecular weight excluding hydrogens is 707 g/mol. The SMILES string of the molecule is N#Cc1c(NC(=O)C(Sc2cccc(NC(=O)/C(=C\c3c(Cl)cccc3Cl)NC(=O)c3ccccc3)c2)c2ccccc2)sc2c1CCCC2. The standard InChI is InChI=1S/C39H30Cl2N4O3S2/c40-31-18-10-19-32(41)29(31)22-33(44-36(46)25-13-5-2-6-14-25)37(47)43-26-15-9-16-27(21-26)49-35(24-11-3-1-4-12-24)38(48)45-39-30(23-42)28-17-7-8-20-34(28)50-39/h1-6,9-16,18-19,21-22,35H,7-8,17,20H2,(H,43,47)(H,44,46)(H,45,48)/b33-22+. The maximum Gasteiger partial charge on any atom is 0.272 e. The summed E-state index contributed by atoms with van der Waals surface area (Å²) in [7, 11) is 0. The maximum absolute atomic E-state index is 13.9. The van der Waals surface area contributed by atoms with E-state index in [2.05, 4.69) is 22.0 Å². The number of carbonyl (C=O) groups excluding carboxylic acids is 3. The van der Waals surface area contributed by atoms with Crippen LogP contribution in [0.25, 0.3) is 6.08 Å². The molecule has 0 bridgehead atoms. The van der Waals surface area contributed by atoms with Crippen LogP contribution in [0.15, 0.2) is 114 Å². The van der Waals surface area contributed by atoms with Gasteiger partial charge in [-0.2, -0.15) is 5.26 Å².